The van der Waals surface area contributed by atoms with E-state index in [-0.39, 0.29) is 25.0 Å². The molecule has 1 aromatic heterocycles. The van der Waals surface area contributed by atoms with Crippen molar-refractivity contribution in [3.63, 3.8) is 0 Å². The van der Waals surface area contributed by atoms with Gasteiger partial charge in [0.05, 0.1) is 17.7 Å². The lowest BCUT2D eigenvalue weighted by molar-refractivity contribution is -0.132. The fourth-order valence-corrected chi connectivity index (χ4v) is 4.61. The van der Waals surface area contributed by atoms with Crippen LogP contribution >= 0.6 is 0 Å². The van der Waals surface area contributed by atoms with Crippen molar-refractivity contribution in [3.8, 4) is 5.69 Å². The molecule has 2 aliphatic heterocycles. The number of piperazine rings is 1. The minimum atomic E-state index is -1.16. The van der Waals surface area contributed by atoms with Gasteiger partial charge in [-0.3, -0.25) is 9.69 Å². The maximum atomic E-state index is 15.2. The fourth-order valence-electron chi connectivity index (χ4n) is 4.61. The third-order valence-electron chi connectivity index (χ3n) is 6.66. The maximum Gasteiger partial charge on any atom is 0.338 e. The molecule has 9 heteroatoms. The van der Waals surface area contributed by atoms with Gasteiger partial charge >= 0.3 is 5.97 Å². The lowest BCUT2D eigenvalue weighted by Gasteiger charge is -2.35. The molecule has 1 fully saturated rings. The topological polar surface area (TPSA) is 80.6 Å². The molecule has 0 saturated carbocycles. The van der Waals surface area contributed by atoms with Crippen LogP contribution in [0.5, 0.6) is 0 Å². The predicted molar refractivity (Wildman–Crippen MR) is 122 cm³/mol. The van der Waals surface area contributed by atoms with Crippen molar-refractivity contribution in [2.24, 2.45) is 0 Å². The van der Waals surface area contributed by atoms with Gasteiger partial charge in [0.15, 0.2) is 0 Å². The van der Waals surface area contributed by atoms with E-state index in [0.29, 0.717) is 43.7 Å². The van der Waals surface area contributed by atoms with Crippen LogP contribution in [-0.4, -0.2) is 69.2 Å². The number of ether oxygens (including phenoxy) is 1. The highest BCUT2D eigenvalue weighted by Crippen LogP contribution is 2.31. The lowest BCUT2D eigenvalue weighted by Crippen LogP contribution is -2.49. The van der Waals surface area contributed by atoms with Crippen LogP contribution in [0.15, 0.2) is 49.1 Å². The molecule has 0 radical (unpaired) electrons. The molecule has 5 rings (SSSR count). The molecule has 0 bridgehead atoms. The average Bonchev–Trinajstić information content (AvgIpc) is 3.51. The van der Waals surface area contributed by atoms with Crippen molar-refractivity contribution in [2.75, 3.05) is 32.7 Å². The second kappa shape index (κ2) is 9.34. The normalized spacial score (nSPS) is 16.9. The zero-order chi connectivity index (χ0) is 23.7. The molecule has 3 aromatic rings. The largest absolute Gasteiger partial charge is 0.457 e. The molecule has 34 heavy (non-hydrogen) atoms. The molecular formula is C25H26FN5O3. The van der Waals surface area contributed by atoms with Crippen LogP contribution in [0.2, 0.25) is 0 Å². The number of carbonyl (C=O) groups is 2. The number of alkyl halides is 1. The van der Waals surface area contributed by atoms with E-state index >= 15 is 4.39 Å². The van der Waals surface area contributed by atoms with E-state index in [4.69, 9.17) is 4.74 Å². The van der Waals surface area contributed by atoms with Gasteiger partial charge in [-0.1, -0.05) is 18.2 Å². The molecule has 176 valence electrons. The summed E-state index contributed by atoms with van der Waals surface area (Å²) in [7, 11) is 0. The molecule has 0 aliphatic carbocycles. The van der Waals surface area contributed by atoms with Gasteiger partial charge in [0, 0.05) is 38.3 Å². The highest BCUT2D eigenvalue weighted by molar-refractivity contribution is 5.94. The first-order valence-corrected chi connectivity index (χ1v) is 11.4. The van der Waals surface area contributed by atoms with Crippen molar-refractivity contribution < 1.29 is 18.7 Å². The first-order chi connectivity index (χ1) is 16.5. The molecule has 2 aromatic carbocycles. The number of halogens is 1. The second-order valence-corrected chi connectivity index (χ2v) is 8.71. The highest BCUT2D eigenvalue weighted by atomic mass is 19.1. The summed E-state index contributed by atoms with van der Waals surface area (Å²) < 4.78 is 21.9. The lowest BCUT2D eigenvalue weighted by atomic mass is 9.95. The summed E-state index contributed by atoms with van der Waals surface area (Å²) in [6, 6.07) is 11.0. The Labute approximate surface area is 196 Å². The number of carbonyl (C=O) groups excluding carboxylic acids is 2. The Kier molecular flexibility index (Phi) is 6.10. The monoisotopic (exact) mass is 463 g/mol. The molecule has 0 spiro atoms. The Bertz CT molecular complexity index is 1190. The van der Waals surface area contributed by atoms with Crippen LogP contribution < -0.4 is 0 Å². The van der Waals surface area contributed by atoms with Crippen LogP contribution in [0.25, 0.3) is 5.69 Å². The summed E-state index contributed by atoms with van der Waals surface area (Å²) in [5.41, 5.74) is 4.54. The van der Waals surface area contributed by atoms with Crippen molar-refractivity contribution in [3.05, 3.63) is 76.9 Å². The quantitative estimate of drug-likeness (QED) is 0.523. The van der Waals surface area contributed by atoms with Gasteiger partial charge in [-0.2, -0.15) is 5.10 Å². The van der Waals surface area contributed by atoms with Gasteiger partial charge in [-0.15, -0.1) is 0 Å². The first-order valence-electron chi connectivity index (χ1n) is 11.4. The van der Waals surface area contributed by atoms with E-state index in [1.807, 2.05) is 36.1 Å². The van der Waals surface area contributed by atoms with Crippen LogP contribution in [0.3, 0.4) is 0 Å². The number of cyclic esters (lactones) is 1. The van der Waals surface area contributed by atoms with E-state index in [1.54, 1.807) is 23.1 Å². The van der Waals surface area contributed by atoms with E-state index in [2.05, 4.69) is 15.0 Å². The zero-order valence-corrected chi connectivity index (χ0v) is 19.0. The summed E-state index contributed by atoms with van der Waals surface area (Å²) in [5, 5.41) is 4.10. The molecule has 1 amide bonds. The smallest absolute Gasteiger partial charge is 0.338 e. The summed E-state index contributed by atoms with van der Waals surface area (Å²) in [5.74, 6) is -0.268. The third-order valence-corrected chi connectivity index (χ3v) is 6.66. The van der Waals surface area contributed by atoms with E-state index in [0.717, 1.165) is 22.4 Å². The van der Waals surface area contributed by atoms with Crippen LogP contribution in [0.4, 0.5) is 4.39 Å². The second-order valence-electron chi connectivity index (χ2n) is 8.71. The van der Waals surface area contributed by atoms with E-state index in [9.17, 15) is 9.59 Å². The number of amides is 1. The Morgan fingerprint density at radius 2 is 1.88 bits per heavy atom. The Balaban J connectivity index is 1.13. The number of rotatable bonds is 6. The molecule has 3 heterocycles. The molecule has 8 nitrogen and oxygen atoms in total. The summed E-state index contributed by atoms with van der Waals surface area (Å²) >= 11 is 0. The van der Waals surface area contributed by atoms with Gasteiger partial charge in [0.25, 0.3) is 0 Å². The molecule has 1 atom stereocenters. The molecule has 1 unspecified atom stereocenters. The maximum absolute atomic E-state index is 15.2. The Hall–Kier alpha value is -3.59. The van der Waals surface area contributed by atoms with Crippen LogP contribution in [0.1, 0.15) is 38.8 Å². The summed E-state index contributed by atoms with van der Waals surface area (Å²) in [4.78, 5) is 32.3. The Morgan fingerprint density at radius 1 is 1.12 bits per heavy atom. The number of esters is 1. The molecule has 1 saturated heterocycles. The van der Waals surface area contributed by atoms with Crippen molar-refractivity contribution >= 4 is 11.9 Å². The van der Waals surface area contributed by atoms with Crippen LogP contribution in [0, 0.1) is 6.92 Å². The number of hydrogen-bond acceptors (Lipinski definition) is 6. The van der Waals surface area contributed by atoms with E-state index in [1.165, 1.54) is 6.33 Å². The van der Waals surface area contributed by atoms with Crippen LogP contribution in [-0.2, 0) is 22.6 Å². The van der Waals surface area contributed by atoms with Gasteiger partial charge in [0.1, 0.15) is 25.4 Å². The number of aromatic nitrogens is 3. The number of fused-ring (bicyclic) bond motifs is 1. The van der Waals surface area contributed by atoms with E-state index < -0.39 is 6.17 Å². The summed E-state index contributed by atoms with van der Waals surface area (Å²) in [6.45, 7) is 4.73. The molecule has 2 aliphatic rings. The van der Waals surface area contributed by atoms with Gasteiger partial charge < -0.3 is 9.64 Å². The minimum Gasteiger partial charge on any atom is -0.457 e. The zero-order valence-electron chi connectivity index (χ0n) is 19.0. The average molecular weight is 464 g/mol. The number of hydrogen-bond donors (Lipinski definition) is 0. The van der Waals surface area contributed by atoms with Gasteiger partial charge in [-0.05, 0) is 41.8 Å². The number of nitrogens with zero attached hydrogens (tertiary/aromatic N) is 5. The minimum absolute atomic E-state index is 0.0732. The van der Waals surface area contributed by atoms with Crippen molar-refractivity contribution in [2.45, 2.75) is 26.1 Å². The molecule has 0 N–H and O–H groups in total. The van der Waals surface area contributed by atoms with Crippen molar-refractivity contribution in [1.29, 1.82) is 0 Å². The predicted octanol–water partition coefficient (Wildman–Crippen LogP) is 2.64. The number of benzene rings is 2. The fraction of sp³-hybridized carbons (Fsp3) is 0.360. The molecular weight excluding hydrogens is 437 g/mol. The Morgan fingerprint density at radius 3 is 2.59 bits per heavy atom. The van der Waals surface area contributed by atoms with Crippen molar-refractivity contribution in [1.82, 2.24) is 24.6 Å². The standard InChI is InChI=1S/C25H26FN5O3/c1-17-20(6-7-21-22(17)14-34-25(21)33)23(26)13-29-8-10-30(11-9-29)24(32)12-18-2-4-19(5-3-18)31-16-27-15-28-31/h2-7,15-16,23H,8-14H2,1H3. The first kappa shape index (κ1) is 22.2. The van der Waals surface area contributed by atoms with Gasteiger partial charge in [-0.25, -0.2) is 18.9 Å². The van der Waals surface area contributed by atoms with Gasteiger partial charge in [0.2, 0.25) is 5.91 Å². The summed E-state index contributed by atoms with van der Waals surface area (Å²) in [6.07, 6.45) is 2.28. The highest BCUT2D eigenvalue weighted by Gasteiger charge is 2.28. The third kappa shape index (κ3) is 4.43. The SMILES string of the molecule is Cc1c(C(F)CN2CCN(C(=O)Cc3ccc(-n4cncn4)cc3)CC2)ccc2c1COC2=O.